The van der Waals surface area contributed by atoms with Crippen LogP contribution in [0.3, 0.4) is 0 Å². The lowest BCUT2D eigenvalue weighted by Gasteiger charge is -2.03. The van der Waals surface area contributed by atoms with E-state index in [9.17, 15) is 19.2 Å². The van der Waals surface area contributed by atoms with Crippen LogP contribution in [0.15, 0.2) is 37.9 Å². The van der Waals surface area contributed by atoms with Gasteiger partial charge in [0.25, 0.3) is 0 Å². The molecule has 166 valence electrons. The predicted molar refractivity (Wildman–Crippen MR) is 123 cm³/mol. The Morgan fingerprint density at radius 2 is 0.774 bits per heavy atom. The van der Waals surface area contributed by atoms with Crippen molar-refractivity contribution in [2.24, 2.45) is 0 Å². The molecule has 0 amide bonds. The van der Waals surface area contributed by atoms with Gasteiger partial charge in [0.05, 0.1) is 36.9 Å². The molecule has 1 saturated heterocycles. The molecule has 0 aliphatic carbocycles. The van der Waals surface area contributed by atoms with Gasteiger partial charge in [0.15, 0.2) is 0 Å². The number of carbonyl (C=O) groups is 4. The van der Waals surface area contributed by atoms with Gasteiger partial charge in [-0.1, -0.05) is 58.8 Å². The summed E-state index contributed by atoms with van der Waals surface area (Å²) in [5, 5.41) is 0. The minimum Gasteiger partial charge on any atom is -0.465 e. The number of rotatable bonds is 4. The fraction of sp³-hybridized carbons (Fsp3) is 0.333. The molecule has 0 N–H and O–H groups in total. The molecule has 0 aromatic carbocycles. The Labute approximate surface area is 199 Å². The number of hydrogen-bond donors (Lipinski definition) is 0. The van der Waals surface area contributed by atoms with E-state index in [1.165, 1.54) is 87.2 Å². The van der Waals surface area contributed by atoms with Crippen LogP contribution in [-0.2, 0) is 38.1 Å². The third-order valence-electron chi connectivity index (χ3n) is 3.96. The highest BCUT2D eigenvalue weighted by molar-refractivity contribution is 8.31. The maximum Gasteiger partial charge on any atom is 0.346 e. The van der Waals surface area contributed by atoms with Crippen LogP contribution in [0.25, 0.3) is 0 Å². The summed E-state index contributed by atoms with van der Waals surface area (Å²) in [7, 11) is 5.03. The van der Waals surface area contributed by atoms with E-state index in [1.807, 2.05) is 0 Å². The highest BCUT2D eigenvalue weighted by Crippen LogP contribution is 2.60. The van der Waals surface area contributed by atoms with Crippen LogP contribution in [0.5, 0.6) is 0 Å². The summed E-state index contributed by atoms with van der Waals surface area (Å²) in [5.74, 6) is -2.36. The van der Waals surface area contributed by atoms with Gasteiger partial charge in [-0.2, -0.15) is 0 Å². The van der Waals surface area contributed by atoms with Crippen molar-refractivity contribution < 1.29 is 38.1 Å². The highest BCUT2D eigenvalue weighted by Gasteiger charge is 2.38. The van der Waals surface area contributed by atoms with E-state index in [1.54, 1.807) is 0 Å². The van der Waals surface area contributed by atoms with Crippen molar-refractivity contribution in [3.05, 3.63) is 37.9 Å². The minimum absolute atomic E-state index is 0.204. The van der Waals surface area contributed by atoms with Gasteiger partial charge < -0.3 is 18.9 Å². The normalized spacial score (nSPS) is 18.7. The van der Waals surface area contributed by atoms with Gasteiger partial charge in [0.1, 0.15) is 19.6 Å². The van der Waals surface area contributed by atoms with Gasteiger partial charge in [0.2, 0.25) is 0 Å². The zero-order valence-electron chi connectivity index (χ0n) is 16.7. The van der Waals surface area contributed by atoms with Crippen LogP contribution < -0.4 is 0 Å². The highest BCUT2D eigenvalue weighted by atomic mass is 32.2. The summed E-state index contributed by atoms with van der Waals surface area (Å²) in [6, 6.07) is 0. The molecule has 0 aromatic heterocycles. The Hall–Kier alpha value is -1.41. The molecule has 1 fully saturated rings. The maximum atomic E-state index is 12.1. The Balaban J connectivity index is 1.84. The van der Waals surface area contributed by atoms with Crippen molar-refractivity contribution in [1.82, 2.24) is 0 Å². The Morgan fingerprint density at radius 1 is 0.516 bits per heavy atom. The maximum absolute atomic E-state index is 12.1. The Morgan fingerprint density at radius 3 is 1.00 bits per heavy atom. The molecule has 31 heavy (non-hydrogen) atoms. The van der Waals surface area contributed by atoms with Gasteiger partial charge >= 0.3 is 23.9 Å². The second-order valence-corrected chi connectivity index (χ2v) is 11.5. The molecule has 0 aromatic rings. The summed E-state index contributed by atoms with van der Waals surface area (Å²) >= 11 is 6.25. The summed E-state index contributed by atoms with van der Waals surface area (Å²) in [6.07, 6.45) is 1.40. The molecule has 0 unspecified atom stereocenters. The van der Waals surface area contributed by atoms with E-state index in [0.29, 0.717) is 12.8 Å². The van der Waals surface area contributed by atoms with Gasteiger partial charge in [-0.25, -0.2) is 19.2 Å². The molecular formula is C18H16O8S5. The van der Waals surface area contributed by atoms with Crippen molar-refractivity contribution in [3.8, 4) is 0 Å². The Kier molecular flexibility index (Phi) is 8.19. The lowest BCUT2D eigenvalue weighted by Crippen LogP contribution is -2.08. The number of esters is 4. The first-order valence-electron chi connectivity index (χ1n) is 8.51. The monoisotopic (exact) mass is 520 g/mol. The molecule has 8 nitrogen and oxygen atoms in total. The van der Waals surface area contributed by atoms with Crippen LogP contribution in [0.4, 0.5) is 0 Å². The predicted octanol–water partition coefficient (Wildman–Crippen LogP) is 3.93. The number of ether oxygens (including phenoxy) is 4. The van der Waals surface area contributed by atoms with Crippen molar-refractivity contribution >= 4 is 82.7 Å². The van der Waals surface area contributed by atoms with Gasteiger partial charge in [-0.15, -0.1) is 0 Å². The van der Waals surface area contributed by atoms with Crippen molar-refractivity contribution in [1.29, 1.82) is 0 Å². The molecule has 3 rings (SSSR count). The summed E-state index contributed by atoms with van der Waals surface area (Å²) < 4.78 is 20.8. The van der Waals surface area contributed by atoms with E-state index in [0.717, 1.165) is 18.3 Å². The van der Waals surface area contributed by atoms with E-state index in [4.69, 9.17) is 18.9 Å². The van der Waals surface area contributed by atoms with Crippen molar-refractivity contribution in [2.45, 2.75) is 12.8 Å². The lowest BCUT2D eigenvalue weighted by molar-refractivity contribution is -0.138. The molecule has 3 heterocycles. The second-order valence-electron chi connectivity index (χ2n) is 5.71. The SMILES string of the molecule is COC(=O)C1=C(C(=O)OC)SC(=C2CCC(=C3SC(C(=O)OC)=C(C(=O)OC)S3)S2)S1. The zero-order chi connectivity index (χ0) is 22.7. The Bertz CT molecular complexity index is 853. The molecular weight excluding hydrogens is 505 g/mol. The van der Waals surface area contributed by atoms with Crippen LogP contribution in [0, 0.1) is 0 Å². The van der Waals surface area contributed by atoms with E-state index < -0.39 is 23.9 Å². The van der Waals surface area contributed by atoms with Crippen molar-refractivity contribution in [2.75, 3.05) is 28.4 Å². The first-order valence-corrected chi connectivity index (χ1v) is 12.6. The third-order valence-corrected chi connectivity index (χ3v) is 11.1. The standard InChI is InChI=1S/C18H16O8S5/c1-23-13(19)9-10(14(20)24-2)29-17(28-9)7-5-6-8(27-7)18-30-11(15(21)25-3)12(31-18)16(22)26-4/h5-6H2,1-4H3. The number of hydrogen-bond acceptors (Lipinski definition) is 13. The van der Waals surface area contributed by atoms with Gasteiger partial charge in [-0.3, -0.25) is 0 Å². The molecule has 0 saturated carbocycles. The first kappa shape index (κ1) is 24.2. The third kappa shape index (κ3) is 5.00. The van der Waals surface area contributed by atoms with E-state index in [-0.39, 0.29) is 19.6 Å². The molecule has 3 aliphatic rings. The molecule has 0 radical (unpaired) electrons. The zero-order valence-corrected chi connectivity index (χ0v) is 20.8. The van der Waals surface area contributed by atoms with Crippen LogP contribution in [-0.4, -0.2) is 52.3 Å². The molecule has 0 atom stereocenters. The lowest BCUT2D eigenvalue weighted by atomic mass is 10.3. The van der Waals surface area contributed by atoms with Crippen LogP contribution >= 0.6 is 58.8 Å². The van der Waals surface area contributed by atoms with E-state index >= 15 is 0 Å². The fourth-order valence-electron chi connectivity index (χ4n) is 2.50. The smallest absolute Gasteiger partial charge is 0.346 e. The molecule has 3 aliphatic heterocycles. The second kappa shape index (κ2) is 10.5. The van der Waals surface area contributed by atoms with Crippen LogP contribution in [0.2, 0.25) is 0 Å². The molecule has 0 spiro atoms. The largest absolute Gasteiger partial charge is 0.465 e. The number of methoxy groups -OCH3 is 4. The topological polar surface area (TPSA) is 105 Å². The average Bonchev–Trinajstić information content (AvgIpc) is 3.53. The van der Waals surface area contributed by atoms with Crippen molar-refractivity contribution in [3.63, 3.8) is 0 Å². The minimum atomic E-state index is -0.591. The fourth-order valence-corrected chi connectivity index (χ4v) is 9.18. The number of allylic oxidation sites excluding steroid dienone is 2. The average molecular weight is 521 g/mol. The summed E-state index contributed by atoms with van der Waals surface area (Å²) in [5.41, 5.74) is 0. The number of thioether (sulfide) groups is 5. The molecule has 13 heteroatoms. The molecule has 0 bridgehead atoms. The quantitative estimate of drug-likeness (QED) is 0.395. The van der Waals surface area contributed by atoms with E-state index in [2.05, 4.69) is 0 Å². The van der Waals surface area contributed by atoms with Gasteiger partial charge in [-0.05, 0) is 12.8 Å². The summed E-state index contributed by atoms with van der Waals surface area (Å²) in [6.45, 7) is 0. The number of carbonyl (C=O) groups excluding carboxylic acids is 4. The first-order chi connectivity index (χ1) is 14.8. The van der Waals surface area contributed by atoms with Gasteiger partial charge in [0, 0.05) is 9.81 Å². The van der Waals surface area contributed by atoms with Crippen LogP contribution in [0.1, 0.15) is 12.8 Å². The summed E-state index contributed by atoms with van der Waals surface area (Å²) in [4.78, 5) is 51.1.